The maximum atomic E-state index is 11.9. The van der Waals surface area contributed by atoms with Crippen molar-refractivity contribution in [3.8, 4) is 11.5 Å². The minimum Gasteiger partial charge on any atom is -0.497 e. The van der Waals surface area contributed by atoms with E-state index in [1.54, 1.807) is 32.4 Å². The fourth-order valence-electron chi connectivity index (χ4n) is 2.22. The molecule has 0 spiro atoms. The second-order valence-electron chi connectivity index (χ2n) is 4.90. The first-order chi connectivity index (χ1) is 10.7. The molecule has 1 saturated heterocycles. The summed E-state index contributed by atoms with van der Waals surface area (Å²) in [5.41, 5.74) is 0.604. The lowest BCUT2D eigenvalue weighted by Gasteiger charge is -2.26. The summed E-state index contributed by atoms with van der Waals surface area (Å²) in [5.74, 6) is 1.23. The predicted molar refractivity (Wildman–Crippen MR) is 83.8 cm³/mol. The van der Waals surface area contributed by atoms with Gasteiger partial charge in [-0.3, -0.25) is 4.90 Å². The van der Waals surface area contributed by atoms with Crippen molar-refractivity contribution >= 4 is 11.7 Å². The van der Waals surface area contributed by atoms with Gasteiger partial charge in [0.15, 0.2) is 0 Å². The lowest BCUT2D eigenvalue weighted by molar-refractivity contribution is 0.0388. The number of benzene rings is 1. The highest BCUT2D eigenvalue weighted by Gasteiger charge is 2.11. The summed E-state index contributed by atoms with van der Waals surface area (Å²) in [6, 6.07) is 4.99. The van der Waals surface area contributed by atoms with E-state index < -0.39 is 0 Å². The van der Waals surface area contributed by atoms with Gasteiger partial charge in [0.1, 0.15) is 11.5 Å². The fourth-order valence-corrected chi connectivity index (χ4v) is 2.22. The van der Waals surface area contributed by atoms with Crippen molar-refractivity contribution in [2.45, 2.75) is 0 Å². The Bertz CT molecular complexity index is 490. The van der Waals surface area contributed by atoms with Crippen LogP contribution in [0.3, 0.4) is 0 Å². The molecule has 0 radical (unpaired) electrons. The van der Waals surface area contributed by atoms with Crippen LogP contribution in [0.5, 0.6) is 11.5 Å². The third-order valence-corrected chi connectivity index (χ3v) is 3.47. The Morgan fingerprint density at radius 1 is 1.27 bits per heavy atom. The molecule has 2 rings (SSSR count). The zero-order chi connectivity index (χ0) is 15.8. The van der Waals surface area contributed by atoms with Crippen LogP contribution in [-0.2, 0) is 4.74 Å². The Hall–Kier alpha value is -1.99. The van der Waals surface area contributed by atoms with Crippen molar-refractivity contribution in [3.05, 3.63) is 18.2 Å². The maximum Gasteiger partial charge on any atom is 0.319 e. The smallest absolute Gasteiger partial charge is 0.319 e. The van der Waals surface area contributed by atoms with E-state index in [0.29, 0.717) is 23.7 Å². The van der Waals surface area contributed by atoms with Gasteiger partial charge in [-0.25, -0.2) is 4.79 Å². The third-order valence-electron chi connectivity index (χ3n) is 3.47. The van der Waals surface area contributed by atoms with Crippen LogP contribution in [0, 0.1) is 0 Å². The zero-order valence-electron chi connectivity index (χ0n) is 13.1. The summed E-state index contributed by atoms with van der Waals surface area (Å²) in [5, 5.41) is 5.62. The normalized spacial score (nSPS) is 15.2. The topological polar surface area (TPSA) is 72.1 Å². The van der Waals surface area contributed by atoms with Crippen LogP contribution in [0.2, 0.25) is 0 Å². The summed E-state index contributed by atoms with van der Waals surface area (Å²) >= 11 is 0. The summed E-state index contributed by atoms with van der Waals surface area (Å²) in [7, 11) is 3.14. The Morgan fingerprint density at radius 3 is 2.73 bits per heavy atom. The number of hydrogen-bond donors (Lipinski definition) is 2. The molecule has 7 nitrogen and oxygen atoms in total. The number of anilines is 1. The second-order valence-corrected chi connectivity index (χ2v) is 4.90. The van der Waals surface area contributed by atoms with Crippen LogP contribution >= 0.6 is 0 Å². The second kappa shape index (κ2) is 8.45. The van der Waals surface area contributed by atoms with E-state index in [1.807, 2.05) is 0 Å². The molecule has 1 heterocycles. The number of hydrogen-bond acceptors (Lipinski definition) is 5. The van der Waals surface area contributed by atoms with Crippen LogP contribution in [0.15, 0.2) is 18.2 Å². The first-order valence-corrected chi connectivity index (χ1v) is 7.30. The van der Waals surface area contributed by atoms with Gasteiger partial charge in [-0.1, -0.05) is 0 Å². The lowest BCUT2D eigenvalue weighted by atomic mass is 10.2. The number of nitrogens with zero attached hydrogens (tertiary/aromatic N) is 1. The molecule has 0 saturated carbocycles. The van der Waals surface area contributed by atoms with Gasteiger partial charge in [0.25, 0.3) is 0 Å². The highest BCUT2D eigenvalue weighted by atomic mass is 16.5. The Balaban J connectivity index is 1.78. The molecule has 1 aliphatic rings. The van der Waals surface area contributed by atoms with E-state index >= 15 is 0 Å². The van der Waals surface area contributed by atoms with Crippen LogP contribution in [-0.4, -0.2) is 64.5 Å². The molecule has 0 bridgehead atoms. The maximum absolute atomic E-state index is 11.9. The first-order valence-electron chi connectivity index (χ1n) is 7.30. The minimum absolute atomic E-state index is 0.253. The van der Waals surface area contributed by atoms with E-state index in [2.05, 4.69) is 15.5 Å². The number of morpholine rings is 1. The molecule has 0 aromatic heterocycles. The summed E-state index contributed by atoms with van der Waals surface area (Å²) in [6.07, 6.45) is 0. The predicted octanol–water partition coefficient (Wildman–Crippen LogP) is 1.16. The van der Waals surface area contributed by atoms with Crippen LogP contribution < -0.4 is 20.1 Å². The SMILES string of the molecule is COc1ccc(NC(=O)NCCN2CCOCC2)c(OC)c1. The number of rotatable bonds is 6. The number of methoxy groups -OCH3 is 2. The van der Waals surface area contributed by atoms with Crippen molar-refractivity contribution in [3.63, 3.8) is 0 Å². The van der Waals surface area contributed by atoms with E-state index in [1.165, 1.54) is 0 Å². The molecule has 2 N–H and O–H groups in total. The standard InChI is InChI=1S/C15H23N3O4/c1-20-12-3-4-13(14(11-12)21-2)17-15(19)16-5-6-18-7-9-22-10-8-18/h3-4,11H,5-10H2,1-2H3,(H2,16,17,19). The van der Waals surface area contributed by atoms with Crippen molar-refractivity contribution in [1.82, 2.24) is 10.2 Å². The van der Waals surface area contributed by atoms with Crippen LogP contribution in [0.25, 0.3) is 0 Å². The van der Waals surface area contributed by atoms with E-state index in [0.717, 1.165) is 32.8 Å². The van der Waals surface area contributed by atoms with Crippen LogP contribution in [0.4, 0.5) is 10.5 Å². The number of amides is 2. The van der Waals surface area contributed by atoms with Gasteiger partial charge in [-0.15, -0.1) is 0 Å². The van der Waals surface area contributed by atoms with Gasteiger partial charge in [0.2, 0.25) is 0 Å². The number of carbonyl (C=O) groups is 1. The molecule has 1 aromatic rings. The average molecular weight is 309 g/mol. The van der Waals surface area contributed by atoms with Gasteiger partial charge in [-0.2, -0.15) is 0 Å². The summed E-state index contributed by atoms with van der Waals surface area (Å²) in [4.78, 5) is 14.2. The van der Waals surface area contributed by atoms with Crippen molar-refractivity contribution in [2.75, 3.05) is 58.9 Å². The van der Waals surface area contributed by atoms with Crippen LogP contribution in [0.1, 0.15) is 0 Å². The van der Waals surface area contributed by atoms with E-state index in [-0.39, 0.29) is 6.03 Å². The molecular formula is C15H23N3O4. The summed E-state index contributed by atoms with van der Waals surface area (Å²) in [6.45, 7) is 4.75. The molecule has 1 aliphatic heterocycles. The van der Waals surface area contributed by atoms with Gasteiger partial charge < -0.3 is 24.8 Å². The Kier molecular flexibility index (Phi) is 6.29. The van der Waals surface area contributed by atoms with Crippen molar-refractivity contribution < 1.29 is 19.0 Å². The number of ether oxygens (including phenoxy) is 3. The highest BCUT2D eigenvalue weighted by Crippen LogP contribution is 2.28. The Labute approximate surface area is 130 Å². The summed E-state index contributed by atoms with van der Waals surface area (Å²) < 4.78 is 15.7. The number of nitrogens with one attached hydrogen (secondary N) is 2. The first kappa shape index (κ1) is 16.4. The van der Waals surface area contributed by atoms with Crippen molar-refractivity contribution in [1.29, 1.82) is 0 Å². The molecule has 7 heteroatoms. The fraction of sp³-hybridized carbons (Fsp3) is 0.533. The average Bonchev–Trinajstić information content (AvgIpc) is 2.56. The molecule has 0 aliphatic carbocycles. The number of urea groups is 1. The molecule has 0 atom stereocenters. The zero-order valence-corrected chi connectivity index (χ0v) is 13.1. The highest BCUT2D eigenvalue weighted by molar-refractivity contribution is 5.91. The molecule has 2 amide bonds. The Morgan fingerprint density at radius 2 is 2.05 bits per heavy atom. The molecule has 0 unspecified atom stereocenters. The van der Waals surface area contributed by atoms with Gasteiger partial charge in [-0.05, 0) is 12.1 Å². The largest absolute Gasteiger partial charge is 0.497 e. The molecule has 22 heavy (non-hydrogen) atoms. The molecular weight excluding hydrogens is 286 g/mol. The lowest BCUT2D eigenvalue weighted by Crippen LogP contribution is -2.42. The van der Waals surface area contributed by atoms with Gasteiger partial charge >= 0.3 is 6.03 Å². The third kappa shape index (κ3) is 4.78. The quantitative estimate of drug-likeness (QED) is 0.825. The molecule has 1 fully saturated rings. The van der Waals surface area contributed by atoms with Crippen molar-refractivity contribution in [2.24, 2.45) is 0 Å². The van der Waals surface area contributed by atoms with Gasteiger partial charge in [0.05, 0.1) is 33.1 Å². The van der Waals surface area contributed by atoms with Gasteiger partial charge in [0, 0.05) is 32.2 Å². The monoisotopic (exact) mass is 309 g/mol. The van der Waals surface area contributed by atoms with E-state index in [9.17, 15) is 4.79 Å². The number of carbonyl (C=O) groups excluding carboxylic acids is 1. The molecule has 1 aromatic carbocycles. The molecule has 122 valence electrons. The minimum atomic E-state index is -0.253. The van der Waals surface area contributed by atoms with E-state index in [4.69, 9.17) is 14.2 Å².